The first-order chi connectivity index (χ1) is 12.1. The molecule has 2 atom stereocenters. The molecular weight excluding hydrogens is 318 g/mol. The van der Waals surface area contributed by atoms with Crippen molar-refractivity contribution in [1.82, 2.24) is 10.3 Å². The number of hydrogen-bond donors (Lipinski definition) is 2. The molecule has 1 aliphatic rings. The number of para-hydroxylation sites is 1. The van der Waals surface area contributed by atoms with E-state index in [4.69, 9.17) is 5.73 Å². The molecule has 2 heterocycles. The van der Waals surface area contributed by atoms with Gasteiger partial charge in [-0.3, -0.25) is 19.6 Å². The molecule has 0 unspecified atom stereocenters. The Morgan fingerprint density at radius 1 is 1.20 bits per heavy atom. The molecule has 128 valence electrons. The van der Waals surface area contributed by atoms with E-state index in [-0.39, 0.29) is 24.1 Å². The van der Waals surface area contributed by atoms with Crippen molar-refractivity contribution < 1.29 is 9.59 Å². The van der Waals surface area contributed by atoms with Crippen LogP contribution in [0.1, 0.15) is 25.1 Å². The fraction of sp³-hybridized carbons (Fsp3) is 0.222. The van der Waals surface area contributed by atoms with Crippen LogP contribution in [0.25, 0.3) is 0 Å². The maximum Gasteiger partial charge on any atom is 0.268 e. The van der Waals surface area contributed by atoms with Gasteiger partial charge in [0, 0.05) is 12.6 Å². The minimum absolute atomic E-state index is 0.172. The maximum atomic E-state index is 12.5. The van der Waals surface area contributed by atoms with E-state index < -0.39 is 11.9 Å². The zero-order valence-electron chi connectivity index (χ0n) is 13.8. The lowest BCUT2D eigenvalue weighted by Crippen LogP contribution is -2.40. The van der Waals surface area contributed by atoms with Crippen molar-refractivity contribution in [2.24, 2.45) is 10.8 Å². The van der Waals surface area contributed by atoms with E-state index >= 15 is 0 Å². The highest BCUT2D eigenvalue weighted by atomic mass is 16.2. The fourth-order valence-corrected chi connectivity index (χ4v) is 2.67. The van der Waals surface area contributed by atoms with E-state index in [0.717, 1.165) is 5.69 Å². The lowest BCUT2D eigenvalue weighted by Gasteiger charge is -2.20. The van der Waals surface area contributed by atoms with Crippen LogP contribution in [0.4, 0.5) is 5.69 Å². The number of rotatable bonds is 5. The van der Waals surface area contributed by atoms with Crippen molar-refractivity contribution in [2.45, 2.75) is 25.4 Å². The number of benzene rings is 1. The van der Waals surface area contributed by atoms with Crippen molar-refractivity contribution in [2.75, 3.05) is 5.01 Å². The predicted molar refractivity (Wildman–Crippen MR) is 94.8 cm³/mol. The van der Waals surface area contributed by atoms with E-state index in [1.165, 1.54) is 5.01 Å². The number of amides is 2. The summed E-state index contributed by atoms with van der Waals surface area (Å²) in [6.45, 7) is 1.84. The summed E-state index contributed by atoms with van der Waals surface area (Å²) in [5.41, 5.74) is 7.22. The Labute approximate surface area is 145 Å². The van der Waals surface area contributed by atoms with Crippen LogP contribution in [0.15, 0.2) is 59.8 Å². The molecule has 0 saturated carbocycles. The third-order valence-corrected chi connectivity index (χ3v) is 4.00. The van der Waals surface area contributed by atoms with Gasteiger partial charge >= 0.3 is 0 Å². The van der Waals surface area contributed by atoms with Gasteiger partial charge in [-0.2, -0.15) is 5.10 Å². The SMILES string of the molecule is C[C@H](NC(=O)C1=NN(c2ccccc2)[C@H](C(N)=O)C1)c1ccccn1. The van der Waals surface area contributed by atoms with Gasteiger partial charge in [0.2, 0.25) is 5.91 Å². The molecule has 2 aromatic rings. The molecule has 0 aliphatic carbocycles. The zero-order valence-corrected chi connectivity index (χ0v) is 13.8. The second kappa shape index (κ2) is 7.12. The molecule has 0 bridgehead atoms. The number of nitrogens with one attached hydrogen (secondary N) is 1. The zero-order chi connectivity index (χ0) is 17.8. The normalized spacial score (nSPS) is 17.7. The van der Waals surface area contributed by atoms with Gasteiger partial charge in [-0.05, 0) is 31.2 Å². The Kier molecular flexibility index (Phi) is 4.74. The Balaban J connectivity index is 1.77. The Morgan fingerprint density at radius 2 is 1.92 bits per heavy atom. The second-order valence-corrected chi connectivity index (χ2v) is 5.80. The number of aromatic nitrogens is 1. The number of hydrazone groups is 1. The second-order valence-electron chi connectivity index (χ2n) is 5.80. The van der Waals surface area contributed by atoms with Crippen LogP contribution < -0.4 is 16.1 Å². The number of nitrogens with two attached hydrogens (primary N) is 1. The van der Waals surface area contributed by atoms with Crippen LogP contribution in [0.3, 0.4) is 0 Å². The van der Waals surface area contributed by atoms with Crippen LogP contribution in [0.5, 0.6) is 0 Å². The Bertz CT molecular complexity index is 792. The third-order valence-electron chi connectivity index (χ3n) is 4.00. The highest BCUT2D eigenvalue weighted by molar-refractivity contribution is 6.40. The molecule has 0 spiro atoms. The number of carbonyl (C=O) groups excluding carboxylic acids is 2. The lowest BCUT2D eigenvalue weighted by molar-refractivity contribution is -0.119. The number of primary amides is 1. The highest BCUT2D eigenvalue weighted by Gasteiger charge is 2.35. The van der Waals surface area contributed by atoms with Gasteiger partial charge in [0.1, 0.15) is 11.8 Å². The molecule has 7 nitrogen and oxygen atoms in total. The monoisotopic (exact) mass is 337 g/mol. The summed E-state index contributed by atoms with van der Waals surface area (Å²) >= 11 is 0. The Hall–Kier alpha value is -3.22. The van der Waals surface area contributed by atoms with E-state index in [9.17, 15) is 9.59 Å². The third kappa shape index (κ3) is 3.65. The molecule has 25 heavy (non-hydrogen) atoms. The van der Waals surface area contributed by atoms with Gasteiger partial charge < -0.3 is 11.1 Å². The minimum Gasteiger partial charge on any atom is -0.368 e. The van der Waals surface area contributed by atoms with Gasteiger partial charge in [0.05, 0.1) is 17.4 Å². The summed E-state index contributed by atoms with van der Waals surface area (Å²) in [6, 6.07) is 13.7. The van der Waals surface area contributed by atoms with Crippen LogP contribution in [-0.2, 0) is 9.59 Å². The number of pyridine rings is 1. The molecule has 1 aliphatic heterocycles. The number of carbonyl (C=O) groups is 2. The van der Waals surface area contributed by atoms with E-state index in [1.54, 1.807) is 6.20 Å². The van der Waals surface area contributed by atoms with Crippen LogP contribution in [0, 0.1) is 0 Å². The standard InChI is InChI=1S/C18H19N5O2/c1-12(14-9-5-6-10-20-14)21-18(25)15-11-16(17(19)24)23(22-15)13-7-3-2-4-8-13/h2-10,12,16H,11H2,1H3,(H2,19,24)(H,21,25)/t12-,16-/m0/s1. The first-order valence-electron chi connectivity index (χ1n) is 7.99. The maximum absolute atomic E-state index is 12.5. The molecule has 1 aromatic heterocycles. The summed E-state index contributed by atoms with van der Waals surface area (Å²) in [7, 11) is 0. The topological polar surface area (TPSA) is 101 Å². The molecule has 0 radical (unpaired) electrons. The summed E-state index contributed by atoms with van der Waals surface area (Å²) in [5.74, 6) is -0.851. The predicted octanol–water partition coefficient (Wildman–Crippen LogP) is 1.38. The van der Waals surface area contributed by atoms with Crippen LogP contribution >= 0.6 is 0 Å². The average molecular weight is 337 g/mol. The number of anilines is 1. The summed E-state index contributed by atoms with van der Waals surface area (Å²) in [4.78, 5) is 28.5. The highest BCUT2D eigenvalue weighted by Crippen LogP contribution is 2.24. The first kappa shape index (κ1) is 16.6. The van der Waals surface area contributed by atoms with Crippen molar-refractivity contribution in [3.63, 3.8) is 0 Å². The molecule has 3 N–H and O–H groups in total. The first-order valence-corrected chi connectivity index (χ1v) is 7.99. The summed E-state index contributed by atoms with van der Waals surface area (Å²) in [6.07, 6.45) is 1.84. The van der Waals surface area contributed by atoms with E-state index in [2.05, 4.69) is 15.4 Å². The number of nitrogens with zero attached hydrogens (tertiary/aromatic N) is 3. The molecule has 0 fully saturated rings. The smallest absolute Gasteiger partial charge is 0.268 e. The molecule has 3 rings (SSSR count). The molecular formula is C18H19N5O2. The largest absolute Gasteiger partial charge is 0.368 e. The summed E-state index contributed by atoms with van der Waals surface area (Å²) in [5, 5.41) is 8.69. The van der Waals surface area contributed by atoms with Crippen LogP contribution in [0.2, 0.25) is 0 Å². The lowest BCUT2D eigenvalue weighted by atomic mass is 10.1. The van der Waals surface area contributed by atoms with Crippen molar-refractivity contribution in [1.29, 1.82) is 0 Å². The fourth-order valence-electron chi connectivity index (χ4n) is 2.67. The van der Waals surface area contributed by atoms with Crippen molar-refractivity contribution in [3.05, 3.63) is 60.4 Å². The van der Waals surface area contributed by atoms with Gasteiger partial charge in [-0.15, -0.1) is 0 Å². The van der Waals surface area contributed by atoms with Crippen molar-refractivity contribution >= 4 is 23.2 Å². The van der Waals surface area contributed by atoms with Gasteiger partial charge in [0.25, 0.3) is 5.91 Å². The van der Waals surface area contributed by atoms with E-state index in [1.807, 2.05) is 55.5 Å². The molecule has 7 heteroatoms. The van der Waals surface area contributed by atoms with Crippen molar-refractivity contribution in [3.8, 4) is 0 Å². The number of hydrogen-bond acceptors (Lipinski definition) is 5. The summed E-state index contributed by atoms with van der Waals surface area (Å²) < 4.78 is 0. The van der Waals surface area contributed by atoms with Crippen LogP contribution in [-0.4, -0.2) is 28.6 Å². The molecule has 0 saturated heterocycles. The van der Waals surface area contributed by atoms with Gasteiger partial charge in [-0.25, -0.2) is 0 Å². The average Bonchev–Trinajstić information content (AvgIpc) is 3.09. The quantitative estimate of drug-likeness (QED) is 0.860. The minimum atomic E-state index is -0.673. The van der Waals surface area contributed by atoms with E-state index in [0.29, 0.717) is 5.69 Å². The molecule has 2 amide bonds. The molecule has 1 aromatic carbocycles. The Morgan fingerprint density at radius 3 is 2.56 bits per heavy atom. The van der Waals surface area contributed by atoms with Gasteiger partial charge in [-0.1, -0.05) is 24.3 Å². The van der Waals surface area contributed by atoms with Gasteiger partial charge in [0.15, 0.2) is 0 Å².